The van der Waals surface area contributed by atoms with Gasteiger partial charge in [-0.25, -0.2) is 8.42 Å². The zero-order valence-corrected chi connectivity index (χ0v) is 17.1. The maximum absolute atomic E-state index is 11.8. The third kappa shape index (κ3) is 4.74. The highest BCUT2D eigenvalue weighted by molar-refractivity contribution is 7.91. The maximum atomic E-state index is 11.8. The summed E-state index contributed by atoms with van der Waals surface area (Å²) in [7, 11) is -2.97. The van der Waals surface area contributed by atoms with Gasteiger partial charge in [0, 0.05) is 18.3 Å². The van der Waals surface area contributed by atoms with Crippen LogP contribution in [0.15, 0.2) is 30.5 Å². The molecule has 2 heterocycles. The van der Waals surface area contributed by atoms with Crippen LogP contribution in [0.1, 0.15) is 39.7 Å². The molecule has 1 fully saturated rings. The monoisotopic (exact) mass is 389 g/mol. The molecular formula is C19H27N5O2S. The lowest BCUT2D eigenvalue weighted by molar-refractivity contribution is 0.590. The normalized spacial score (nSPS) is 19.0. The van der Waals surface area contributed by atoms with Gasteiger partial charge in [0.15, 0.2) is 15.7 Å². The van der Waals surface area contributed by atoms with Crippen LogP contribution in [0.25, 0.3) is 0 Å². The molecule has 1 aliphatic rings. The van der Waals surface area contributed by atoms with Crippen LogP contribution in [0, 0.1) is 0 Å². The van der Waals surface area contributed by atoms with Crippen molar-refractivity contribution in [3.63, 3.8) is 0 Å². The summed E-state index contributed by atoms with van der Waals surface area (Å²) in [5.41, 5.74) is 2.28. The Labute approximate surface area is 161 Å². The molecule has 0 radical (unpaired) electrons. The quantitative estimate of drug-likeness (QED) is 0.841. The summed E-state index contributed by atoms with van der Waals surface area (Å²) in [5.74, 6) is 1.41. The van der Waals surface area contributed by atoms with Gasteiger partial charge >= 0.3 is 0 Å². The van der Waals surface area contributed by atoms with Crippen LogP contribution in [0.5, 0.6) is 0 Å². The minimum Gasteiger partial charge on any atom is -0.339 e. The average molecular weight is 390 g/mol. The van der Waals surface area contributed by atoms with Gasteiger partial charge in [0.1, 0.15) is 0 Å². The van der Waals surface area contributed by atoms with Crippen molar-refractivity contribution >= 4 is 27.3 Å². The molecule has 1 atom stereocenters. The first kappa shape index (κ1) is 19.5. The van der Waals surface area contributed by atoms with E-state index in [1.807, 2.05) is 24.0 Å². The lowest BCUT2D eigenvalue weighted by Crippen LogP contribution is -2.37. The van der Waals surface area contributed by atoms with Gasteiger partial charge in [-0.2, -0.15) is 10.1 Å². The Kier molecular flexibility index (Phi) is 5.37. The molecule has 7 nitrogen and oxygen atoms in total. The van der Waals surface area contributed by atoms with Crippen LogP contribution in [0.3, 0.4) is 0 Å². The topological polar surface area (TPSA) is 88.1 Å². The molecule has 3 rings (SSSR count). The fraction of sp³-hybridized carbons (Fsp3) is 0.526. The van der Waals surface area contributed by atoms with Gasteiger partial charge in [0.2, 0.25) is 5.95 Å². The third-order valence-corrected chi connectivity index (χ3v) is 6.57. The van der Waals surface area contributed by atoms with Crippen molar-refractivity contribution in [3.8, 4) is 0 Å². The molecule has 1 unspecified atom stereocenters. The minimum atomic E-state index is -2.97. The van der Waals surface area contributed by atoms with Gasteiger partial charge in [-0.3, -0.25) is 0 Å². The molecule has 0 amide bonds. The van der Waals surface area contributed by atoms with Crippen LogP contribution in [-0.2, 0) is 15.3 Å². The van der Waals surface area contributed by atoms with Crippen molar-refractivity contribution in [1.29, 1.82) is 0 Å². The van der Waals surface area contributed by atoms with Crippen molar-refractivity contribution in [2.45, 2.75) is 45.6 Å². The van der Waals surface area contributed by atoms with Crippen molar-refractivity contribution < 1.29 is 8.42 Å². The fourth-order valence-corrected chi connectivity index (χ4v) is 4.99. The molecule has 0 saturated carbocycles. The van der Waals surface area contributed by atoms with Crippen LogP contribution >= 0.6 is 0 Å². The Hall–Kier alpha value is -2.22. The number of benzene rings is 1. The van der Waals surface area contributed by atoms with Gasteiger partial charge in [-0.1, -0.05) is 32.9 Å². The smallest absolute Gasteiger partial charge is 0.247 e. The third-order valence-electron chi connectivity index (χ3n) is 4.82. The van der Waals surface area contributed by atoms with E-state index in [2.05, 4.69) is 53.4 Å². The predicted octanol–water partition coefficient (Wildman–Crippen LogP) is 2.93. The molecule has 0 spiro atoms. The maximum Gasteiger partial charge on any atom is 0.247 e. The summed E-state index contributed by atoms with van der Waals surface area (Å²) in [5, 5.41) is 11.4. The summed E-state index contributed by atoms with van der Waals surface area (Å²) in [6.07, 6.45) is 2.17. The first-order valence-corrected chi connectivity index (χ1v) is 11.0. The number of sulfone groups is 1. The summed E-state index contributed by atoms with van der Waals surface area (Å²) in [4.78, 5) is 6.47. The summed E-state index contributed by atoms with van der Waals surface area (Å²) < 4.78 is 23.6. The van der Waals surface area contributed by atoms with Gasteiger partial charge in [0.25, 0.3) is 0 Å². The minimum absolute atomic E-state index is 0.0943. The lowest BCUT2D eigenvalue weighted by Gasteiger charge is -2.26. The van der Waals surface area contributed by atoms with E-state index in [-0.39, 0.29) is 23.0 Å². The number of hydrogen-bond donors (Lipinski definition) is 1. The molecule has 8 heteroatoms. The summed E-state index contributed by atoms with van der Waals surface area (Å²) in [6.45, 7) is 9.14. The van der Waals surface area contributed by atoms with Gasteiger partial charge < -0.3 is 10.2 Å². The highest BCUT2D eigenvalue weighted by atomic mass is 32.2. The average Bonchev–Trinajstić information content (AvgIpc) is 2.95. The first-order valence-electron chi connectivity index (χ1n) is 9.22. The largest absolute Gasteiger partial charge is 0.339 e. The van der Waals surface area contributed by atoms with Crippen molar-refractivity contribution in [2.75, 3.05) is 28.3 Å². The van der Waals surface area contributed by atoms with Crippen molar-refractivity contribution in [1.82, 2.24) is 15.2 Å². The van der Waals surface area contributed by atoms with E-state index in [1.54, 1.807) is 6.20 Å². The Balaban J connectivity index is 1.77. The standard InChI is InChI=1S/C19H27N5O2S/c1-5-24(16-10-11-27(25,26)13-16)18-22-17(12-20-23-18)21-15-8-6-14(7-9-15)19(2,3)4/h6-9,12,16H,5,10-11,13H2,1-4H3,(H,21,22,23). The molecule has 0 bridgehead atoms. The molecule has 0 aliphatic carbocycles. The second-order valence-corrected chi connectivity index (χ2v) is 10.2. The molecule has 1 aliphatic heterocycles. The molecule has 1 N–H and O–H groups in total. The fourth-order valence-electron chi connectivity index (χ4n) is 3.26. The van der Waals surface area contributed by atoms with Crippen LogP contribution < -0.4 is 10.2 Å². The zero-order valence-electron chi connectivity index (χ0n) is 16.3. The molecular weight excluding hydrogens is 362 g/mol. The lowest BCUT2D eigenvalue weighted by atomic mass is 9.87. The molecule has 146 valence electrons. The summed E-state index contributed by atoms with van der Waals surface area (Å²) in [6, 6.07) is 8.13. The molecule has 1 aromatic heterocycles. The number of hydrogen-bond acceptors (Lipinski definition) is 7. The number of nitrogens with one attached hydrogen (secondary N) is 1. The van der Waals surface area contributed by atoms with E-state index in [9.17, 15) is 8.42 Å². The van der Waals surface area contributed by atoms with E-state index in [0.717, 1.165) is 5.69 Å². The zero-order chi connectivity index (χ0) is 19.7. The van der Waals surface area contributed by atoms with Crippen LogP contribution in [-0.4, -0.2) is 47.7 Å². The first-order chi connectivity index (χ1) is 12.7. The summed E-state index contributed by atoms with van der Waals surface area (Å²) >= 11 is 0. The van der Waals surface area contributed by atoms with E-state index in [0.29, 0.717) is 24.7 Å². The van der Waals surface area contributed by atoms with E-state index in [4.69, 9.17) is 0 Å². The Morgan fingerprint density at radius 1 is 1.22 bits per heavy atom. The van der Waals surface area contributed by atoms with E-state index in [1.165, 1.54) is 5.56 Å². The predicted molar refractivity (Wildman–Crippen MR) is 108 cm³/mol. The van der Waals surface area contributed by atoms with Gasteiger partial charge in [-0.15, -0.1) is 5.10 Å². The second-order valence-electron chi connectivity index (χ2n) is 7.94. The Morgan fingerprint density at radius 3 is 2.48 bits per heavy atom. The van der Waals surface area contributed by atoms with E-state index < -0.39 is 9.84 Å². The SMILES string of the molecule is CCN(c1nncc(Nc2ccc(C(C)(C)C)cc2)n1)C1CCS(=O)(=O)C1. The number of anilines is 3. The van der Waals surface area contributed by atoms with Crippen LogP contribution in [0.2, 0.25) is 0 Å². The Bertz CT molecular complexity index is 891. The molecule has 1 saturated heterocycles. The molecule has 2 aromatic rings. The molecule has 27 heavy (non-hydrogen) atoms. The highest BCUT2D eigenvalue weighted by Crippen LogP contribution is 2.25. The van der Waals surface area contributed by atoms with Gasteiger partial charge in [0.05, 0.1) is 17.7 Å². The number of rotatable bonds is 5. The highest BCUT2D eigenvalue weighted by Gasteiger charge is 2.33. The van der Waals surface area contributed by atoms with Crippen molar-refractivity contribution in [3.05, 3.63) is 36.0 Å². The number of nitrogens with zero attached hydrogens (tertiary/aromatic N) is 4. The van der Waals surface area contributed by atoms with Crippen molar-refractivity contribution in [2.24, 2.45) is 0 Å². The van der Waals surface area contributed by atoms with Crippen LogP contribution in [0.4, 0.5) is 17.5 Å². The molecule has 1 aromatic carbocycles. The Morgan fingerprint density at radius 2 is 1.93 bits per heavy atom. The number of aromatic nitrogens is 3. The van der Waals surface area contributed by atoms with E-state index >= 15 is 0 Å². The van der Waals surface area contributed by atoms with Gasteiger partial charge in [-0.05, 0) is 36.5 Å². The second kappa shape index (κ2) is 7.42.